The molecule has 0 saturated carbocycles. The van der Waals surface area contributed by atoms with E-state index in [2.05, 4.69) is 55.5 Å². The Labute approximate surface area is 114 Å². The van der Waals surface area contributed by atoms with Crippen LogP contribution in [0.25, 0.3) is 0 Å². The minimum absolute atomic E-state index is 1.16. The number of rotatable bonds is 1. The Bertz CT molecular complexity index is 579. The van der Waals surface area contributed by atoms with E-state index < -0.39 is 7.38 Å². The SMILES string of the molecule is Cc1ccccc1[Si]1(Cl)CCCc2ccccc21. The van der Waals surface area contributed by atoms with Gasteiger partial charge in [-0.15, -0.1) is 0 Å². The lowest BCUT2D eigenvalue weighted by molar-refractivity contribution is 0.898. The van der Waals surface area contributed by atoms with Gasteiger partial charge in [-0.05, 0) is 41.7 Å². The molecule has 2 heteroatoms. The van der Waals surface area contributed by atoms with Crippen molar-refractivity contribution >= 4 is 28.8 Å². The summed E-state index contributed by atoms with van der Waals surface area (Å²) in [7, 11) is -2.01. The third-order valence-corrected chi connectivity index (χ3v) is 9.57. The van der Waals surface area contributed by atoms with E-state index in [-0.39, 0.29) is 0 Å². The molecule has 0 aromatic heterocycles. The Morgan fingerprint density at radius 2 is 1.61 bits per heavy atom. The van der Waals surface area contributed by atoms with E-state index in [0.29, 0.717) is 0 Å². The molecule has 0 saturated heterocycles. The maximum absolute atomic E-state index is 7.18. The van der Waals surface area contributed by atoms with Gasteiger partial charge in [-0.3, -0.25) is 0 Å². The summed E-state index contributed by atoms with van der Waals surface area (Å²) in [5, 5.41) is 2.84. The van der Waals surface area contributed by atoms with Gasteiger partial charge in [-0.2, -0.15) is 11.1 Å². The molecule has 2 aromatic rings. The van der Waals surface area contributed by atoms with Crippen molar-refractivity contribution in [3.05, 3.63) is 59.7 Å². The molecule has 0 fully saturated rings. The molecular formula is C16H17ClSi. The first-order valence-electron chi connectivity index (χ1n) is 6.55. The van der Waals surface area contributed by atoms with Crippen molar-refractivity contribution < 1.29 is 0 Å². The number of hydrogen-bond donors (Lipinski definition) is 0. The summed E-state index contributed by atoms with van der Waals surface area (Å²) in [6, 6.07) is 18.6. The predicted molar refractivity (Wildman–Crippen MR) is 81.6 cm³/mol. The Morgan fingerprint density at radius 3 is 2.39 bits per heavy atom. The average Bonchev–Trinajstić information content (AvgIpc) is 2.40. The van der Waals surface area contributed by atoms with Gasteiger partial charge < -0.3 is 0 Å². The maximum Gasteiger partial charge on any atom is 0.217 e. The first kappa shape index (κ1) is 12.0. The molecule has 92 valence electrons. The summed E-state index contributed by atoms with van der Waals surface area (Å²) in [6.45, 7) is 2.18. The Balaban J connectivity index is 2.20. The van der Waals surface area contributed by atoms with Gasteiger partial charge in [0.25, 0.3) is 0 Å². The lowest BCUT2D eigenvalue weighted by Gasteiger charge is -2.33. The summed E-state index contributed by atoms with van der Waals surface area (Å²) in [4.78, 5) is 0. The van der Waals surface area contributed by atoms with E-state index in [4.69, 9.17) is 11.1 Å². The Hall–Kier alpha value is -1.05. The van der Waals surface area contributed by atoms with E-state index in [1.54, 1.807) is 0 Å². The standard InChI is InChI=1S/C16H17ClSi/c1-13-7-2-4-10-15(13)18(17)12-6-9-14-8-3-5-11-16(14)18/h2-5,7-8,10-11H,6,9,12H2,1H3. The summed E-state index contributed by atoms with van der Waals surface area (Å²) >= 11 is 7.18. The Morgan fingerprint density at radius 1 is 0.944 bits per heavy atom. The van der Waals surface area contributed by atoms with Crippen LogP contribution in [0.4, 0.5) is 0 Å². The van der Waals surface area contributed by atoms with Crippen LogP contribution >= 0.6 is 11.1 Å². The number of halogens is 1. The topological polar surface area (TPSA) is 0 Å². The van der Waals surface area contributed by atoms with Crippen molar-refractivity contribution in [2.45, 2.75) is 25.8 Å². The summed E-state index contributed by atoms with van der Waals surface area (Å²) in [6.07, 6.45) is 2.41. The zero-order chi connectivity index (χ0) is 12.6. The third kappa shape index (κ3) is 1.82. The van der Waals surface area contributed by atoms with Crippen LogP contribution in [0.3, 0.4) is 0 Å². The van der Waals surface area contributed by atoms with Gasteiger partial charge >= 0.3 is 0 Å². The van der Waals surface area contributed by atoms with Gasteiger partial charge in [0.2, 0.25) is 7.38 Å². The van der Waals surface area contributed by atoms with Crippen molar-refractivity contribution in [2.24, 2.45) is 0 Å². The molecule has 0 N–H and O–H groups in total. The lowest BCUT2D eigenvalue weighted by atomic mass is 10.1. The molecule has 18 heavy (non-hydrogen) atoms. The summed E-state index contributed by atoms with van der Waals surface area (Å²) in [5.41, 5.74) is 2.81. The van der Waals surface area contributed by atoms with E-state index in [1.165, 1.54) is 34.3 Å². The van der Waals surface area contributed by atoms with Crippen LogP contribution in [-0.4, -0.2) is 7.38 Å². The molecule has 3 rings (SSSR count). The van der Waals surface area contributed by atoms with E-state index >= 15 is 0 Å². The third-order valence-electron chi connectivity index (χ3n) is 3.98. The molecule has 1 atom stereocenters. The van der Waals surface area contributed by atoms with Crippen molar-refractivity contribution in [3.8, 4) is 0 Å². The van der Waals surface area contributed by atoms with Crippen LogP contribution in [0.5, 0.6) is 0 Å². The normalized spacial score (nSPS) is 22.6. The minimum atomic E-state index is -2.01. The predicted octanol–water partition coefficient (Wildman–Crippen LogP) is 3.24. The molecule has 1 aliphatic heterocycles. The molecule has 2 aromatic carbocycles. The molecule has 0 aliphatic carbocycles. The maximum atomic E-state index is 7.18. The molecule has 1 unspecified atom stereocenters. The number of aryl methyl sites for hydroxylation is 2. The van der Waals surface area contributed by atoms with Crippen LogP contribution in [0.15, 0.2) is 48.5 Å². The van der Waals surface area contributed by atoms with Crippen LogP contribution < -0.4 is 10.4 Å². The summed E-state index contributed by atoms with van der Waals surface area (Å²) in [5.74, 6) is 0. The molecular weight excluding hydrogens is 256 g/mol. The zero-order valence-electron chi connectivity index (χ0n) is 10.6. The van der Waals surface area contributed by atoms with Crippen LogP contribution in [0.2, 0.25) is 6.04 Å². The van der Waals surface area contributed by atoms with E-state index in [1.807, 2.05) is 0 Å². The van der Waals surface area contributed by atoms with Gasteiger partial charge in [0.1, 0.15) is 0 Å². The molecule has 0 radical (unpaired) electrons. The molecule has 1 heterocycles. The lowest BCUT2D eigenvalue weighted by Crippen LogP contribution is -2.57. The zero-order valence-corrected chi connectivity index (χ0v) is 12.4. The molecule has 0 spiro atoms. The monoisotopic (exact) mass is 272 g/mol. The highest BCUT2D eigenvalue weighted by molar-refractivity contribution is 7.34. The van der Waals surface area contributed by atoms with E-state index in [0.717, 1.165) is 6.04 Å². The number of benzene rings is 2. The first-order chi connectivity index (χ1) is 8.72. The molecule has 0 amide bonds. The second-order valence-electron chi connectivity index (χ2n) is 5.13. The highest BCUT2D eigenvalue weighted by Gasteiger charge is 2.39. The largest absolute Gasteiger partial charge is 0.217 e. The van der Waals surface area contributed by atoms with Gasteiger partial charge in [0, 0.05) is 0 Å². The fraction of sp³-hybridized carbons (Fsp3) is 0.250. The van der Waals surface area contributed by atoms with Gasteiger partial charge in [0.05, 0.1) is 0 Å². The van der Waals surface area contributed by atoms with Gasteiger partial charge in [0.15, 0.2) is 0 Å². The van der Waals surface area contributed by atoms with Crippen molar-refractivity contribution in [1.82, 2.24) is 0 Å². The van der Waals surface area contributed by atoms with Crippen molar-refractivity contribution in [2.75, 3.05) is 0 Å². The highest BCUT2D eigenvalue weighted by atomic mass is 35.6. The smallest absolute Gasteiger partial charge is 0.155 e. The van der Waals surface area contributed by atoms with Crippen molar-refractivity contribution in [3.63, 3.8) is 0 Å². The van der Waals surface area contributed by atoms with E-state index in [9.17, 15) is 0 Å². The fourth-order valence-corrected chi connectivity index (χ4v) is 8.31. The number of hydrogen-bond acceptors (Lipinski definition) is 0. The molecule has 0 nitrogen and oxygen atoms in total. The van der Waals surface area contributed by atoms with Crippen LogP contribution in [0, 0.1) is 6.92 Å². The van der Waals surface area contributed by atoms with Crippen LogP contribution in [0.1, 0.15) is 17.5 Å². The van der Waals surface area contributed by atoms with Crippen molar-refractivity contribution in [1.29, 1.82) is 0 Å². The number of fused-ring (bicyclic) bond motifs is 1. The minimum Gasteiger partial charge on any atom is -0.155 e. The summed E-state index contributed by atoms with van der Waals surface area (Å²) < 4.78 is 0. The van der Waals surface area contributed by atoms with Gasteiger partial charge in [-0.25, -0.2) is 0 Å². The second kappa shape index (κ2) is 4.56. The highest BCUT2D eigenvalue weighted by Crippen LogP contribution is 2.26. The molecule has 1 aliphatic rings. The second-order valence-corrected chi connectivity index (χ2v) is 10.2. The average molecular weight is 273 g/mol. The van der Waals surface area contributed by atoms with Gasteiger partial charge in [-0.1, -0.05) is 54.1 Å². The first-order valence-corrected chi connectivity index (χ1v) is 9.77. The quantitative estimate of drug-likeness (QED) is 0.552. The Kier molecular flexibility index (Phi) is 3.04. The molecule has 0 bridgehead atoms. The van der Waals surface area contributed by atoms with Crippen LogP contribution in [-0.2, 0) is 6.42 Å². The fourth-order valence-electron chi connectivity index (χ4n) is 3.08.